The van der Waals surface area contributed by atoms with Gasteiger partial charge in [0, 0.05) is 24.6 Å². The highest BCUT2D eigenvalue weighted by atomic mass is 16.6. The van der Waals surface area contributed by atoms with Gasteiger partial charge in [0.15, 0.2) is 5.82 Å². The Balaban J connectivity index is 2.60. The summed E-state index contributed by atoms with van der Waals surface area (Å²) in [6, 6.07) is 4.29. The molecular weight excluding hydrogens is 224 g/mol. The van der Waals surface area contributed by atoms with Crippen LogP contribution < -0.4 is 5.73 Å². The molecular formula is C10H10N4O3. The summed E-state index contributed by atoms with van der Waals surface area (Å²) in [5.41, 5.74) is 6.26. The number of nitro groups is 1. The highest BCUT2D eigenvalue weighted by Gasteiger charge is 2.10. The fourth-order valence-electron chi connectivity index (χ4n) is 1.50. The van der Waals surface area contributed by atoms with Crippen LogP contribution in [0, 0.1) is 10.1 Å². The van der Waals surface area contributed by atoms with Gasteiger partial charge < -0.3 is 10.5 Å². The number of hydrogen-bond donors (Lipinski definition) is 1. The summed E-state index contributed by atoms with van der Waals surface area (Å²) in [5, 5.41) is 11.1. The topological polar surface area (TPSA) is 104 Å². The number of rotatable bonds is 3. The van der Waals surface area contributed by atoms with Crippen molar-refractivity contribution in [2.45, 2.75) is 6.61 Å². The van der Waals surface area contributed by atoms with Crippen LogP contribution in [0.2, 0.25) is 0 Å². The van der Waals surface area contributed by atoms with Gasteiger partial charge in [0.05, 0.1) is 10.4 Å². The number of hydrogen-bond acceptors (Lipinski definition) is 6. The van der Waals surface area contributed by atoms with Crippen LogP contribution in [0.15, 0.2) is 18.2 Å². The van der Waals surface area contributed by atoms with Crippen molar-refractivity contribution < 1.29 is 9.66 Å². The van der Waals surface area contributed by atoms with Crippen LogP contribution >= 0.6 is 0 Å². The molecule has 0 aliphatic rings. The van der Waals surface area contributed by atoms with Crippen LogP contribution in [-0.2, 0) is 11.3 Å². The molecule has 0 aliphatic heterocycles. The molecule has 0 bridgehead atoms. The van der Waals surface area contributed by atoms with Crippen LogP contribution in [-0.4, -0.2) is 22.0 Å². The van der Waals surface area contributed by atoms with E-state index in [-0.39, 0.29) is 18.1 Å². The molecule has 0 aliphatic carbocycles. The van der Waals surface area contributed by atoms with Crippen molar-refractivity contribution >= 4 is 22.4 Å². The quantitative estimate of drug-likeness (QED) is 0.633. The number of nitrogen functional groups attached to an aromatic ring is 1. The number of nitrogens with two attached hydrogens (primary N) is 1. The van der Waals surface area contributed by atoms with Crippen molar-refractivity contribution in [1.29, 1.82) is 0 Å². The number of non-ortho nitro benzene ring substituents is 1. The summed E-state index contributed by atoms with van der Waals surface area (Å²) in [4.78, 5) is 18.3. The lowest BCUT2D eigenvalue weighted by Gasteiger charge is -2.04. The van der Waals surface area contributed by atoms with E-state index >= 15 is 0 Å². The second-order valence-electron chi connectivity index (χ2n) is 3.42. The van der Waals surface area contributed by atoms with Crippen molar-refractivity contribution in [2.75, 3.05) is 12.8 Å². The molecule has 1 aromatic carbocycles. The van der Waals surface area contributed by atoms with Gasteiger partial charge >= 0.3 is 0 Å². The molecule has 88 valence electrons. The average Bonchev–Trinajstić information content (AvgIpc) is 2.29. The van der Waals surface area contributed by atoms with Gasteiger partial charge in [-0.25, -0.2) is 9.97 Å². The molecule has 17 heavy (non-hydrogen) atoms. The minimum Gasteiger partial charge on any atom is -0.383 e. The predicted octanol–water partition coefficient (Wildman–Crippen LogP) is 1.27. The molecule has 0 saturated heterocycles. The van der Waals surface area contributed by atoms with E-state index in [4.69, 9.17) is 10.5 Å². The van der Waals surface area contributed by atoms with Gasteiger partial charge in [-0.3, -0.25) is 10.1 Å². The first kappa shape index (κ1) is 11.2. The summed E-state index contributed by atoms with van der Waals surface area (Å²) in [6.07, 6.45) is 0. The van der Waals surface area contributed by atoms with E-state index < -0.39 is 4.92 Å². The Kier molecular flexibility index (Phi) is 2.84. The average molecular weight is 234 g/mol. The summed E-state index contributed by atoms with van der Waals surface area (Å²) in [6.45, 7) is 0.247. The number of aromatic nitrogens is 2. The first-order valence-corrected chi connectivity index (χ1v) is 4.81. The third-order valence-corrected chi connectivity index (χ3v) is 2.24. The van der Waals surface area contributed by atoms with Crippen molar-refractivity contribution in [2.24, 2.45) is 0 Å². The van der Waals surface area contributed by atoms with Crippen LogP contribution in [0.3, 0.4) is 0 Å². The van der Waals surface area contributed by atoms with Gasteiger partial charge in [-0.15, -0.1) is 0 Å². The van der Waals surface area contributed by atoms with Gasteiger partial charge in [0.2, 0.25) is 0 Å². The lowest BCUT2D eigenvalue weighted by molar-refractivity contribution is -0.384. The van der Waals surface area contributed by atoms with E-state index in [0.29, 0.717) is 16.7 Å². The molecule has 0 fully saturated rings. The molecule has 0 amide bonds. The van der Waals surface area contributed by atoms with Crippen molar-refractivity contribution in [3.63, 3.8) is 0 Å². The molecule has 0 spiro atoms. The Hall–Kier alpha value is -2.28. The van der Waals surface area contributed by atoms with Crippen molar-refractivity contribution in [3.05, 3.63) is 34.1 Å². The maximum Gasteiger partial charge on any atom is 0.270 e. The SMILES string of the molecule is COCc1nc(N)c2cc([N+](=O)[O-])ccc2n1. The smallest absolute Gasteiger partial charge is 0.270 e. The molecule has 0 unspecified atom stereocenters. The number of ether oxygens (including phenoxy) is 1. The van der Waals surface area contributed by atoms with E-state index in [2.05, 4.69) is 9.97 Å². The van der Waals surface area contributed by atoms with E-state index in [1.165, 1.54) is 19.2 Å². The zero-order valence-electron chi connectivity index (χ0n) is 9.08. The number of benzene rings is 1. The highest BCUT2D eigenvalue weighted by Crippen LogP contribution is 2.23. The number of methoxy groups -OCH3 is 1. The van der Waals surface area contributed by atoms with Gasteiger partial charge in [-0.05, 0) is 6.07 Å². The zero-order valence-corrected chi connectivity index (χ0v) is 9.08. The third kappa shape index (κ3) is 2.13. The number of fused-ring (bicyclic) bond motifs is 1. The van der Waals surface area contributed by atoms with E-state index in [1.54, 1.807) is 6.07 Å². The highest BCUT2D eigenvalue weighted by molar-refractivity contribution is 5.89. The van der Waals surface area contributed by atoms with Gasteiger partial charge in [-0.2, -0.15) is 0 Å². The maximum absolute atomic E-state index is 10.6. The number of nitro benzene ring substituents is 1. The lowest BCUT2D eigenvalue weighted by Crippen LogP contribution is -2.02. The normalized spacial score (nSPS) is 10.6. The molecule has 2 N–H and O–H groups in total. The van der Waals surface area contributed by atoms with E-state index in [0.717, 1.165) is 0 Å². The molecule has 1 heterocycles. The summed E-state index contributed by atoms with van der Waals surface area (Å²) in [5.74, 6) is 0.664. The van der Waals surface area contributed by atoms with Crippen LogP contribution in [0.25, 0.3) is 10.9 Å². The molecule has 2 rings (SSSR count). The molecule has 7 nitrogen and oxygen atoms in total. The second-order valence-corrected chi connectivity index (χ2v) is 3.42. The standard InChI is InChI=1S/C10H10N4O3/c1-17-5-9-12-8-3-2-6(14(15)16)4-7(8)10(11)13-9/h2-4H,5H2,1H3,(H2,11,12,13). The molecule has 2 aromatic rings. The monoisotopic (exact) mass is 234 g/mol. The summed E-state index contributed by atoms with van der Waals surface area (Å²) >= 11 is 0. The molecule has 7 heteroatoms. The molecule has 0 atom stereocenters. The van der Waals surface area contributed by atoms with Gasteiger partial charge in [-0.1, -0.05) is 0 Å². The minimum absolute atomic E-state index is 0.0349. The Bertz CT molecular complexity index is 585. The fraction of sp³-hybridized carbons (Fsp3) is 0.200. The maximum atomic E-state index is 10.6. The molecule has 0 radical (unpaired) electrons. The Morgan fingerprint density at radius 2 is 2.24 bits per heavy atom. The number of anilines is 1. The van der Waals surface area contributed by atoms with Gasteiger partial charge in [0.25, 0.3) is 5.69 Å². The Morgan fingerprint density at radius 3 is 2.88 bits per heavy atom. The van der Waals surface area contributed by atoms with Crippen LogP contribution in [0.4, 0.5) is 11.5 Å². The second kappa shape index (κ2) is 4.30. The number of nitrogens with zero attached hydrogens (tertiary/aromatic N) is 3. The largest absolute Gasteiger partial charge is 0.383 e. The van der Waals surface area contributed by atoms with Crippen LogP contribution in [0.1, 0.15) is 5.82 Å². The Labute approximate surface area is 96.4 Å². The van der Waals surface area contributed by atoms with E-state index in [9.17, 15) is 10.1 Å². The predicted molar refractivity (Wildman–Crippen MR) is 61.3 cm³/mol. The van der Waals surface area contributed by atoms with E-state index in [1.807, 2.05) is 0 Å². The van der Waals surface area contributed by atoms with Gasteiger partial charge in [0.1, 0.15) is 12.4 Å². The van der Waals surface area contributed by atoms with Crippen molar-refractivity contribution in [1.82, 2.24) is 9.97 Å². The van der Waals surface area contributed by atoms with Crippen molar-refractivity contribution in [3.8, 4) is 0 Å². The summed E-state index contributed by atoms with van der Waals surface area (Å²) in [7, 11) is 1.53. The minimum atomic E-state index is -0.484. The Morgan fingerprint density at radius 1 is 1.47 bits per heavy atom. The first-order valence-electron chi connectivity index (χ1n) is 4.81. The zero-order chi connectivity index (χ0) is 12.4. The summed E-state index contributed by atoms with van der Waals surface area (Å²) < 4.78 is 4.90. The molecule has 0 saturated carbocycles. The van der Waals surface area contributed by atoms with Crippen LogP contribution in [0.5, 0.6) is 0 Å². The fourth-order valence-corrected chi connectivity index (χ4v) is 1.50. The molecule has 1 aromatic heterocycles. The lowest BCUT2D eigenvalue weighted by atomic mass is 10.2. The first-order chi connectivity index (χ1) is 8.11. The third-order valence-electron chi connectivity index (χ3n) is 2.24.